The molecule has 1 aromatic rings. The van der Waals surface area contributed by atoms with Gasteiger partial charge in [0, 0.05) is 7.11 Å². The minimum absolute atomic E-state index is 0.319. The van der Waals surface area contributed by atoms with Crippen LogP contribution >= 0.6 is 0 Å². The zero-order chi connectivity index (χ0) is 13.2. The summed E-state index contributed by atoms with van der Waals surface area (Å²) in [5.74, 6) is 1.57. The fourth-order valence-electron chi connectivity index (χ4n) is 3.26. The standard InChI is InChI=1S/C17H25NO/c1-18-16(17(19-2)15-10-11-15)14-8-6-13(7-9-14)12-4-3-5-12/h6-9,12,15-18H,3-5,10-11H2,1-2H3. The Bertz CT molecular complexity index is 406. The first kappa shape index (κ1) is 13.1. The van der Waals surface area contributed by atoms with E-state index in [9.17, 15) is 0 Å². The van der Waals surface area contributed by atoms with E-state index in [4.69, 9.17) is 4.74 Å². The van der Waals surface area contributed by atoms with Crippen LogP contribution in [0.2, 0.25) is 0 Å². The molecule has 2 heteroatoms. The number of ether oxygens (including phenoxy) is 1. The molecule has 0 bridgehead atoms. The van der Waals surface area contributed by atoms with Crippen LogP contribution in [0.25, 0.3) is 0 Å². The molecule has 2 atom stereocenters. The van der Waals surface area contributed by atoms with Gasteiger partial charge in [-0.2, -0.15) is 0 Å². The third kappa shape index (κ3) is 2.70. The fourth-order valence-corrected chi connectivity index (χ4v) is 3.26. The lowest BCUT2D eigenvalue weighted by atomic mass is 9.79. The molecule has 2 aliphatic carbocycles. The van der Waals surface area contributed by atoms with Crippen molar-refractivity contribution < 1.29 is 4.74 Å². The average Bonchev–Trinajstić information content (AvgIpc) is 3.19. The fraction of sp³-hybridized carbons (Fsp3) is 0.647. The van der Waals surface area contributed by atoms with Crippen LogP contribution in [-0.4, -0.2) is 20.3 Å². The van der Waals surface area contributed by atoms with Crippen molar-refractivity contribution in [3.63, 3.8) is 0 Å². The highest BCUT2D eigenvalue weighted by Gasteiger charge is 2.36. The topological polar surface area (TPSA) is 21.3 Å². The summed E-state index contributed by atoms with van der Waals surface area (Å²) >= 11 is 0. The van der Waals surface area contributed by atoms with E-state index in [-0.39, 0.29) is 0 Å². The highest BCUT2D eigenvalue weighted by Crippen LogP contribution is 2.40. The maximum absolute atomic E-state index is 5.73. The van der Waals surface area contributed by atoms with Crippen molar-refractivity contribution in [3.05, 3.63) is 35.4 Å². The molecule has 0 radical (unpaired) electrons. The summed E-state index contributed by atoms with van der Waals surface area (Å²) in [6.07, 6.45) is 7.10. The number of likely N-dealkylation sites (N-methyl/N-ethyl adjacent to an activating group) is 1. The molecule has 0 aromatic heterocycles. The third-order valence-electron chi connectivity index (χ3n) is 4.87. The molecule has 1 aromatic carbocycles. The smallest absolute Gasteiger partial charge is 0.0793 e. The summed E-state index contributed by atoms with van der Waals surface area (Å²) in [6, 6.07) is 9.56. The Balaban J connectivity index is 1.74. The largest absolute Gasteiger partial charge is 0.379 e. The lowest BCUT2D eigenvalue weighted by Crippen LogP contribution is -2.32. The molecule has 3 rings (SSSR count). The van der Waals surface area contributed by atoms with Crippen molar-refractivity contribution in [1.82, 2.24) is 5.32 Å². The number of methoxy groups -OCH3 is 1. The maximum atomic E-state index is 5.73. The highest BCUT2D eigenvalue weighted by atomic mass is 16.5. The van der Waals surface area contributed by atoms with E-state index >= 15 is 0 Å². The van der Waals surface area contributed by atoms with E-state index in [1.807, 2.05) is 14.2 Å². The Morgan fingerprint density at radius 3 is 2.21 bits per heavy atom. The molecule has 104 valence electrons. The van der Waals surface area contributed by atoms with Crippen LogP contribution in [0, 0.1) is 5.92 Å². The predicted octanol–water partition coefficient (Wildman–Crippen LogP) is 3.64. The van der Waals surface area contributed by atoms with Gasteiger partial charge < -0.3 is 10.1 Å². The number of hydrogen-bond acceptors (Lipinski definition) is 2. The zero-order valence-corrected chi connectivity index (χ0v) is 12.1. The Morgan fingerprint density at radius 1 is 1.11 bits per heavy atom. The van der Waals surface area contributed by atoms with Gasteiger partial charge in [-0.25, -0.2) is 0 Å². The Morgan fingerprint density at radius 2 is 1.79 bits per heavy atom. The minimum atomic E-state index is 0.319. The molecular weight excluding hydrogens is 234 g/mol. The lowest BCUT2D eigenvalue weighted by Gasteiger charge is -2.28. The van der Waals surface area contributed by atoms with Crippen LogP contribution < -0.4 is 5.32 Å². The van der Waals surface area contributed by atoms with Gasteiger partial charge >= 0.3 is 0 Å². The second-order valence-corrected chi connectivity index (χ2v) is 6.10. The van der Waals surface area contributed by atoms with Crippen molar-refractivity contribution in [3.8, 4) is 0 Å². The van der Waals surface area contributed by atoms with Crippen LogP contribution in [0.3, 0.4) is 0 Å². The van der Waals surface area contributed by atoms with Gasteiger partial charge in [0.2, 0.25) is 0 Å². The molecule has 0 heterocycles. The van der Waals surface area contributed by atoms with E-state index in [2.05, 4.69) is 29.6 Å². The number of benzene rings is 1. The van der Waals surface area contributed by atoms with Crippen LogP contribution in [0.1, 0.15) is 55.2 Å². The molecule has 0 amide bonds. The molecule has 0 aliphatic heterocycles. The van der Waals surface area contributed by atoms with E-state index < -0.39 is 0 Å². The summed E-state index contributed by atoms with van der Waals surface area (Å²) in [5, 5.41) is 3.44. The van der Waals surface area contributed by atoms with Gasteiger partial charge in [0.1, 0.15) is 0 Å². The van der Waals surface area contributed by atoms with E-state index in [1.54, 1.807) is 0 Å². The van der Waals surface area contributed by atoms with E-state index in [0.29, 0.717) is 12.1 Å². The van der Waals surface area contributed by atoms with Gasteiger partial charge in [0.15, 0.2) is 0 Å². The van der Waals surface area contributed by atoms with Crippen molar-refractivity contribution >= 4 is 0 Å². The first-order valence-corrected chi connectivity index (χ1v) is 7.63. The number of nitrogens with one attached hydrogen (secondary N) is 1. The van der Waals surface area contributed by atoms with Gasteiger partial charge in [-0.05, 0) is 55.7 Å². The van der Waals surface area contributed by atoms with Crippen molar-refractivity contribution in [2.75, 3.05) is 14.2 Å². The van der Waals surface area contributed by atoms with Crippen LogP contribution in [0.5, 0.6) is 0 Å². The quantitative estimate of drug-likeness (QED) is 0.842. The lowest BCUT2D eigenvalue weighted by molar-refractivity contribution is 0.0530. The van der Waals surface area contributed by atoms with Crippen molar-refractivity contribution in [2.24, 2.45) is 5.92 Å². The van der Waals surface area contributed by atoms with Gasteiger partial charge in [-0.1, -0.05) is 30.7 Å². The summed E-state index contributed by atoms with van der Waals surface area (Å²) in [6.45, 7) is 0. The van der Waals surface area contributed by atoms with Crippen molar-refractivity contribution in [1.29, 1.82) is 0 Å². The third-order valence-corrected chi connectivity index (χ3v) is 4.87. The molecule has 0 spiro atoms. The average molecular weight is 259 g/mol. The van der Waals surface area contributed by atoms with Gasteiger partial charge in [-0.15, -0.1) is 0 Å². The number of rotatable bonds is 6. The second kappa shape index (κ2) is 5.64. The molecule has 2 unspecified atom stereocenters. The normalized spacial score (nSPS) is 22.8. The second-order valence-electron chi connectivity index (χ2n) is 6.10. The van der Waals surface area contributed by atoms with Crippen LogP contribution in [0.15, 0.2) is 24.3 Å². The Labute approximate surface area is 116 Å². The Hall–Kier alpha value is -0.860. The van der Waals surface area contributed by atoms with E-state index in [1.165, 1.54) is 43.2 Å². The molecule has 0 saturated heterocycles. The first-order chi connectivity index (χ1) is 9.33. The van der Waals surface area contributed by atoms with Gasteiger partial charge in [0.25, 0.3) is 0 Å². The highest BCUT2D eigenvalue weighted by molar-refractivity contribution is 5.29. The zero-order valence-electron chi connectivity index (χ0n) is 12.1. The first-order valence-electron chi connectivity index (χ1n) is 7.63. The molecule has 2 nitrogen and oxygen atoms in total. The van der Waals surface area contributed by atoms with Crippen molar-refractivity contribution in [2.45, 2.75) is 50.2 Å². The molecule has 1 N–H and O–H groups in total. The maximum Gasteiger partial charge on any atom is 0.0793 e. The summed E-state index contributed by atoms with van der Waals surface area (Å²) in [5.41, 5.74) is 2.88. The number of hydrogen-bond donors (Lipinski definition) is 1. The van der Waals surface area contributed by atoms with Crippen LogP contribution in [0.4, 0.5) is 0 Å². The van der Waals surface area contributed by atoms with Gasteiger partial charge in [-0.3, -0.25) is 0 Å². The molecule has 2 fully saturated rings. The van der Waals surface area contributed by atoms with Gasteiger partial charge in [0.05, 0.1) is 12.1 Å². The Kier molecular flexibility index (Phi) is 3.90. The predicted molar refractivity (Wildman–Crippen MR) is 78.4 cm³/mol. The van der Waals surface area contributed by atoms with Crippen LogP contribution in [-0.2, 0) is 4.74 Å². The summed E-state index contributed by atoms with van der Waals surface area (Å²) in [7, 11) is 3.88. The molecule has 2 saturated carbocycles. The van der Waals surface area contributed by atoms with E-state index in [0.717, 1.165) is 11.8 Å². The molecule has 2 aliphatic rings. The summed E-state index contributed by atoms with van der Waals surface area (Å²) in [4.78, 5) is 0. The molecule has 19 heavy (non-hydrogen) atoms. The monoisotopic (exact) mass is 259 g/mol. The molecular formula is C17H25NO. The minimum Gasteiger partial charge on any atom is -0.379 e. The SMILES string of the molecule is CNC(c1ccc(C2CCC2)cc1)C(OC)C1CC1. The summed E-state index contributed by atoms with van der Waals surface area (Å²) < 4.78 is 5.73.